The van der Waals surface area contributed by atoms with Gasteiger partial charge in [-0.25, -0.2) is 9.48 Å². The van der Waals surface area contributed by atoms with Gasteiger partial charge >= 0.3 is 6.03 Å². The number of nitrogens with zero attached hydrogens (tertiary/aromatic N) is 4. The van der Waals surface area contributed by atoms with Gasteiger partial charge in [-0.3, -0.25) is 4.79 Å². The second-order valence-corrected chi connectivity index (χ2v) is 9.10. The summed E-state index contributed by atoms with van der Waals surface area (Å²) in [6.07, 6.45) is 0. The van der Waals surface area contributed by atoms with Crippen LogP contribution >= 0.6 is 0 Å². The Morgan fingerprint density at radius 2 is 1.82 bits per heavy atom. The zero-order chi connectivity index (χ0) is 24.9. The molecule has 0 aliphatic heterocycles. The molecule has 0 radical (unpaired) electrons. The van der Waals surface area contributed by atoms with E-state index in [2.05, 4.69) is 31.4 Å². The molecule has 1 aromatic heterocycles. The lowest BCUT2D eigenvalue weighted by atomic mass is 9.92. The standard InChI is InChI=1S/C26H30N6O2/c1-6-31(25(34)28-20-11-8-10-19(14-20)16-27)17-24(33)29-23-15-22(26(3,4)5)30-32(23)21-12-7-9-18(2)13-21/h7-15H,6,17H2,1-5H3,(H,28,34)(H,29,33). The smallest absolute Gasteiger partial charge is 0.315 e. The van der Waals surface area contributed by atoms with Gasteiger partial charge in [0.25, 0.3) is 0 Å². The molecule has 1 heterocycles. The maximum absolute atomic E-state index is 12.9. The zero-order valence-corrected chi connectivity index (χ0v) is 20.2. The van der Waals surface area contributed by atoms with Crippen LogP contribution in [0.2, 0.25) is 0 Å². The van der Waals surface area contributed by atoms with E-state index in [0.717, 1.165) is 16.9 Å². The number of urea groups is 1. The van der Waals surface area contributed by atoms with Gasteiger partial charge in [0, 0.05) is 23.7 Å². The summed E-state index contributed by atoms with van der Waals surface area (Å²) in [4.78, 5) is 27.1. The Morgan fingerprint density at radius 1 is 1.09 bits per heavy atom. The van der Waals surface area contributed by atoms with Gasteiger partial charge in [0.2, 0.25) is 5.91 Å². The van der Waals surface area contributed by atoms with Crippen LogP contribution in [0.25, 0.3) is 5.69 Å². The van der Waals surface area contributed by atoms with Crippen LogP contribution in [-0.2, 0) is 10.2 Å². The molecule has 0 saturated heterocycles. The molecule has 0 aliphatic rings. The van der Waals surface area contributed by atoms with Crippen molar-refractivity contribution in [2.24, 2.45) is 0 Å². The summed E-state index contributed by atoms with van der Waals surface area (Å²) in [6.45, 7) is 10.2. The Bertz CT molecular complexity index is 1230. The molecule has 0 unspecified atom stereocenters. The van der Waals surface area contributed by atoms with Gasteiger partial charge in [0.15, 0.2) is 0 Å². The fourth-order valence-corrected chi connectivity index (χ4v) is 3.35. The molecule has 0 bridgehead atoms. The van der Waals surface area contributed by atoms with Crippen LogP contribution in [0.3, 0.4) is 0 Å². The van der Waals surface area contributed by atoms with E-state index < -0.39 is 6.03 Å². The van der Waals surface area contributed by atoms with Crippen LogP contribution in [0.15, 0.2) is 54.6 Å². The molecule has 34 heavy (non-hydrogen) atoms. The number of anilines is 2. The Labute approximate surface area is 200 Å². The van der Waals surface area contributed by atoms with E-state index in [1.54, 1.807) is 35.9 Å². The topological polar surface area (TPSA) is 103 Å². The molecule has 0 spiro atoms. The van der Waals surface area contributed by atoms with E-state index in [0.29, 0.717) is 23.6 Å². The van der Waals surface area contributed by atoms with Crippen molar-refractivity contribution < 1.29 is 9.59 Å². The van der Waals surface area contributed by atoms with E-state index in [1.165, 1.54) is 4.90 Å². The minimum absolute atomic E-state index is 0.135. The molecule has 0 aliphatic carbocycles. The SMILES string of the molecule is CCN(CC(=O)Nc1cc(C(C)(C)C)nn1-c1cccc(C)c1)C(=O)Nc1cccc(C#N)c1. The van der Waals surface area contributed by atoms with E-state index in [-0.39, 0.29) is 17.9 Å². The highest BCUT2D eigenvalue weighted by molar-refractivity contribution is 5.96. The molecule has 0 saturated carbocycles. The first-order chi connectivity index (χ1) is 16.1. The van der Waals surface area contributed by atoms with Crippen LogP contribution in [0.4, 0.5) is 16.3 Å². The molecule has 0 fully saturated rings. The number of aryl methyl sites for hydroxylation is 1. The first kappa shape index (κ1) is 24.5. The van der Waals surface area contributed by atoms with Crippen LogP contribution in [-0.4, -0.2) is 39.7 Å². The monoisotopic (exact) mass is 458 g/mol. The molecule has 3 amide bonds. The Balaban J connectivity index is 1.78. The molecule has 2 aromatic carbocycles. The summed E-state index contributed by atoms with van der Waals surface area (Å²) in [5.41, 5.74) is 3.49. The predicted octanol–water partition coefficient (Wildman–Crippen LogP) is 4.84. The van der Waals surface area contributed by atoms with Crippen molar-refractivity contribution in [3.63, 3.8) is 0 Å². The lowest BCUT2D eigenvalue weighted by Gasteiger charge is -2.21. The Hall–Kier alpha value is -4.12. The number of aromatic nitrogens is 2. The number of hydrogen-bond acceptors (Lipinski definition) is 4. The van der Waals surface area contributed by atoms with Gasteiger partial charge < -0.3 is 15.5 Å². The third-order valence-electron chi connectivity index (χ3n) is 5.24. The highest BCUT2D eigenvalue weighted by Crippen LogP contribution is 2.26. The third-order valence-corrected chi connectivity index (χ3v) is 5.24. The molecule has 3 aromatic rings. The first-order valence-corrected chi connectivity index (χ1v) is 11.1. The summed E-state index contributed by atoms with van der Waals surface area (Å²) in [7, 11) is 0. The van der Waals surface area contributed by atoms with Crippen molar-refractivity contribution in [2.75, 3.05) is 23.7 Å². The van der Waals surface area contributed by atoms with Crippen molar-refractivity contribution in [3.8, 4) is 11.8 Å². The average molecular weight is 459 g/mol. The van der Waals surface area contributed by atoms with E-state index in [4.69, 9.17) is 10.4 Å². The molecule has 8 heteroatoms. The highest BCUT2D eigenvalue weighted by atomic mass is 16.2. The number of amides is 3. The molecular weight excluding hydrogens is 428 g/mol. The normalized spacial score (nSPS) is 10.9. The maximum Gasteiger partial charge on any atom is 0.322 e. The number of likely N-dealkylation sites (N-methyl/N-ethyl adjacent to an activating group) is 1. The quantitative estimate of drug-likeness (QED) is 0.551. The average Bonchev–Trinajstić information content (AvgIpc) is 3.21. The summed E-state index contributed by atoms with van der Waals surface area (Å²) in [5, 5.41) is 19.4. The zero-order valence-electron chi connectivity index (χ0n) is 20.2. The molecule has 8 nitrogen and oxygen atoms in total. The van der Waals surface area contributed by atoms with Crippen molar-refractivity contribution >= 4 is 23.4 Å². The minimum atomic E-state index is -0.421. The summed E-state index contributed by atoms with van der Waals surface area (Å²) in [5.74, 6) is 0.204. The van der Waals surface area contributed by atoms with Crippen LogP contribution < -0.4 is 10.6 Å². The maximum atomic E-state index is 12.9. The number of benzene rings is 2. The van der Waals surface area contributed by atoms with Gasteiger partial charge in [-0.1, -0.05) is 39.0 Å². The molecule has 176 valence electrons. The van der Waals surface area contributed by atoms with Crippen molar-refractivity contribution in [2.45, 2.75) is 40.0 Å². The molecule has 2 N–H and O–H groups in total. The second kappa shape index (κ2) is 10.2. The molecule has 3 rings (SSSR count). The summed E-state index contributed by atoms with van der Waals surface area (Å²) in [6, 6.07) is 18.0. The first-order valence-electron chi connectivity index (χ1n) is 11.1. The number of carbonyl (C=O) groups is 2. The van der Waals surface area contributed by atoms with E-state index in [9.17, 15) is 9.59 Å². The number of rotatable bonds is 6. The molecular formula is C26H30N6O2. The number of carbonyl (C=O) groups excluding carboxylic acids is 2. The van der Waals surface area contributed by atoms with Gasteiger partial charge in [-0.15, -0.1) is 0 Å². The van der Waals surface area contributed by atoms with Gasteiger partial charge in [0.05, 0.1) is 23.0 Å². The lowest BCUT2D eigenvalue weighted by molar-refractivity contribution is -0.116. The largest absolute Gasteiger partial charge is 0.322 e. The van der Waals surface area contributed by atoms with Gasteiger partial charge in [0.1, 0.15) is 12.4 Å². The second-order valence-electron chi connectivity index (χ2n) is 9.10. The minimum Gasteiger partial charge on any atom is -0.315 e. The van der Waals surface area contributed by atoms with Crippen LogP contribution in [0.1, 0.15) is 44.5 Å². The fourth-order valence-electron chi connectivity index (χ4n) is 3.35. The van der Waals surface area contributed by atoms with Crippen molar-refractivity contribution in [1.29, 1.82) is 5.26 Å². The number of nitriles is 1. The van der Waals surface area contributed by atoms with Crippen molar-refractivity contribution in [1.82, 2.24) is 14.7 Å². The van der Waals surface area contributed by atoms with Gasteiger partial charge in [-0.2, -0.15) is 10.4 Å². The highest BCUT2D eigenvalue weighted by Gasteiger charge is 2.23. The van der Waals surface area contributed by atoms with Crippen molar-refractivity contribution in [3.05, 3.63) is 71.4 Å². The lowest BCUT2D eigenvalue weighted by Crippen LogP contribution is -2.40. The predicted molar refractivity (Wildman–Crippen MR) is 133 cm³/mol. The molecule has 0 atom stereocenters. The van der Waals surface area contributed by atoms with Crippen LogP contribution in [0.5, 0.6) is 0 Å². The van der Waals surface area contributed by atoms with E-state index >= 15 is 0 Å². The summed E-state index contributed by atoms with van der Waals surface area (Å²) >= 11 is 0. The number of nitrogens with one attached hydrogen (secondary N) is 2. The fraction of sp³-hybridized carbons (Fsp3) is 0.308. The number of hydrogen-bond donors (Lipinski definition) is 2. The summed E-state index contributed by atoms with van der Waals surface area (Å²) < 4.78 is 1.72. The Kier molecular flexibility index (Phi) is 7.37. The van der Waals surface area contributed by atoms with E-state index in [1.807, 2.05) is 43.3 Å². The van der Waals surface area contributed by atoms with Crippen LogP contribution in [0, 0.1) is 18.3 Å². The van der Waals surface area contributed by atoms with Gasteiger partial charge in [-0.05, 0) is 49.7 Å². The Morgan fingerprint density at radius 3 is 2.47 bits per heavy atom. The third kappa shape index (κ3) is 6.01.